The van der Waals surface area contributed by atoms with E-state index in [0.717, 1.165) is 27.2 Å². The summed E-state index contributed by atoms with van der Waals surface area (Å²) in [6.07, 6.45) is 0. The third kappa shape index (κ3) is 3.74. The van der Waals surface area contributed by atoms with Gasteiger partial charge in [0, 0.05) is 23.1 Å². The third-order valence-corrected chi connectivity index (χ3v) is 5.90. The van der Waals surface area contributed by atoms with Gasteiger partial charge in [-0.05, 0) is 47.2 Å². The SMILES string of the molecule is O=C(N/N=c1/oc2ccc3ccccc3c2cc1-c1nc2ccccc2[nH]1)c1ccc([N+](=O)[O-])cc1. The average molecular weight is 475 g/mol. The van der Waals surface area contributed by atoms with Gasteiger partial charge in [-0.15, -0.1) is 5.10 Å². The normalized spacial score (nSPS) is 11.8. The second kappa shape index (κ2) is 8.48. The predicted molar refractivity (Wildman–Crippen MR) is 135 cm³/mol. The van der Waals surface area contributed by atoms with Crippen molar-refractivity contribution in [3.63, 3.8) is 0 Å². The summed E-state index contributed by atoms with van der Waals surface area (Å²) >= 11 is 0. The van der Waals surface area contributed by atoms with E-state index in [-0.39, 0.29) is 16.8 Å². The summed E-state index contributed by atoms with van der Waals surface area (Å²) < 4.78 is 6.16. The van der Waals surface area contributed by atoms with Crippen molar-refractivity contribution in [2.24, 2.45) is 5.10 Å². The van der Waals surface area contributed by atoms with Crippen molar-refractivity contribution in [3.05, 3.63) is 112 Å². The number of para-hydroxylation sites is 2. The quantitative estimate of drug-likeness (QED) is 0.204. The molecule has 1 amide bonds. The number of rotatable bonds is 4. The van der Waals surface area contributed by atoms with E-state index in [9.17, 15) is 14.9 Å². The number of nitro groups is 1. The maximum absolute atomic E-state index is 12.7. The smallest absolute Gasteiger partial charge is 0.271 e. The first-order valence-corrected chi connectivity index (χ1v) is 11.1. The zero-order chi connectivity index (χ0) is 24.6. The molecule has 36 heavy (non-hydrogen) atoms. The highest BCUT2D eigenvalue weighted by Crippen LogP contribution is 2.28. The maximum Gasteiger partial charge on any atom is 0.271 e. The number of amides is 1. The minimum atomic E-state index is -0.533. The molecule has 2 aromatic heterocycles. The summed E-state index contributed by atoms with van der Waals surface area (Å²) in [4.78, 5) is 31.0. The van der Waals surface area contributed by atoms with Gasteiger partial charge in [-0.25, -0.2) is 10.4 Å². The van der Waals surface area contributed by atoms with E-state index < -0.39 is 10.8 Å². The minimum Gasteiger partial charge on any atom is -0.436 e. The molecule has 0 aliphatic carbocycles. The monoisotopic (exact) mass is 475 g/mol. The molecular formula is C27H17N5O4. The molecule has 2 heterocycles. The van der Waals surface area contributed by atoms with Crippen molar-refractivity contribution in [1.82, 2.24) is 15.4 Å². The number of aromatic amines is 1. The zero-order valence-electron chi connectivity index (χ0n) is 18.6. The number of carbonyl (C=O) groups excluding carboxylic acids is 1. The number of hydrogen-bond acceptors (Lipinski definition) is 6. The summed E-state index contributed by atoms with van der Waals surface area (Å²) in [6, 6.07) is 26.6. The topological polar surface area (TPSA) is 126 Å². The van der Waals surface area contributed by atoms with E-state index in [1.54, 1.807) is 0 Å². The molecule has 174 valence electrons. The average Bonchev–Trinajstić information content (AvgIpc) is 3.35. The van der Waals surface area contributed by atoms with Gasteiger partial charge in [0.15, 0.2) is 0 Å². The van der Waals surface area contributed by atoms with Crippen LogP contribution >= 0.6 is 0 Å². The lowest BCUT2D eigenvalue weighted by molar-refractivity contribution is -0.384. The van der Waals surface area contributed by atoms with Crippen LogP contribution in [0.2, 0.25) is 0 Å². The summed E-state index contributed by atoms with van der Waals surface area (Å²) in [7, 11) is 0. The third-order valence-electron chi connectivity index (χ3n) is 5.90. The Morgan fingerprint density at radius 2 is 1.72 bits per heavy atom. The molecule has 0 radical (unpaired) electrons. The van der Waals surface area contributed by atoms with Crippen molar-refractivity contribution >= 4 is 44.4 Å². The standard InChI is InChI=1S/C27H17N5O4/c33-26(17-9-12-18(13-10-17)32(34)35)30-31-27-21(25-28-22-7-3-4-8-23(22)29-25)15-20-19-6-2-1-5-16(19)11-14-24(20)36-27/h1-15H,(H,28,29)(H,30,33)/b31-27+. The van der Waals surface area contributed by atoms with Crippen molar-refractivity contribution in [3.8, 4) is 11.4 Å². The van der Waals surface area contributed by atoms with Crippen LogP contribution in [0.1, 0.15) is 10.4 Å². The molecule has 0 aliphatic rings. The summed E-state index contributed by atoms with van der Waals surface area (Å²) in [5.41, 5.74) is 5.57. The second-order valence-corrected chi connectivity index (χ2v) is 8.12. The van der Waals surface area contributed by atoms with Gasteiger partial charge in [-0.1, -0.05) is 42.5 Å². The summed E-state index contributed by atoms with van der Waals surface area (Å²) in [5.74, 6) is 0.00683. The molecule has 0 fully saturated rings. The first-order chi connectivity index (χ1) is 17.6. The highest BCUT2D eigenvalue weighted by Gasteiger charge is 2.14. The number of H-pyrrole nitrogens is 1. The van der Waals surface area contributed by atoms with Crippen molar-refractivity contribution < 1.29 is 14.1 Å². The van der Waals surface area contributed by atoms with Gasteiger partial charge in [0.05, 0.1) is 21.5 Å². The first-order valence-electron chi connectivity index (χ1n) is 11.1. The number of nitrogens with zero attached hydrogens (tertiary/aromatic N) is 3. The van der Waals surface area contributed by atoms with Crippen LogP contribution < -0.4 is 11.0 Å². The Morgan fingerprint density at radius 1 is 0.944 bits per heavy atom. The van der Waals surface area contributed by atoms with Gasteiger partial charge in [-0.3, -0.25) is 14.9 Å². The molecule has 0 atom stereocenters. The van der Waals surface area contributed by atoms with E-state index in [4.69, 9.17) is 4.42 Å². The van der Waals surface area contributed by atoms with Crippen LogP contribution in [-0.2, 0) is 0 Å². The van der Waals surface area contributed by atoms with Crippen molar-refractivity contribution in [2.45, 2.75) is 0 Å². The number of imidazole rings is 1. The molecule has 0 spiro atoms. The molecule has 4 aromatic carbocycles. The van der Waals surface area contributed by atoms with Crippen molar-refractivity contribution in [1.29, 1.82) is 0 Å². The fraction of sp³-hybridized carbons (Fsp3) is 0. The molecule has 6 rings (SSSR count). The maximum atomic E-state index is 12.7. The number of non-ortho nitro benzene ring substituents is 1. The largest absolute Gasteiger partial charge is 0.436 e. The molecule has 9 heteroatoms. The number of hydrogen-bond donors (Lipinski definition) is 2. The number of benzene rings is 4. The van der Waals surface area contributed by atoms with Gasteiger partial charge >= 0.3 is 0 Å². The van der Waals surface area contributed by atoms with E-state index in [2.05, 4.69) is 20.5 Å². The number of aromatic nitrogens is 2. The lowest BCUT2D eigenvalue weighted by Crippen LogP contribution is -2.22. The molecule has 0 aliphatic heterocycles. The Bertz CT molecular complexity index is 1840. The van der Waals surface area contributed by atoms with Crippen LogP contribution in [0.15, 0.2) is 101 Å². The van der Waals surface area contributed by atoms with Crippen LogP contribution in [0.3, 0.4) is 0 Å². The highest BCUT2D eigenvalue weighted by atomic mass is 16.6. The molecule has 0 unspecified atom stereocenters. The molecule has 9 nitrogen and oxygen atoms in total. The predicted octanol–water partition coefficient (Wildman–Crippen LogP) is 5.28. The molecule has 0 bridgehead atoms. The Hall–Kier alpha value is -5.31. The van der Waals surface area contributed by atoms with Gasteiger partial charge in [-0.2, -0.15) is 0 Å². The Kier molecular flexibility index (Phi) is 5.00. The van der Waals surface area contributed by atoms with Gasteiger partial charge in [0.2, 0.25) is 5.55 Å². The van der Waals surface area contributed by atoms with E-state index in [1.807, 2.05) is 66.7 Å². The highest BCUT2D eigenvalue weighted by molar-refractivity contribution is 6.06. The lowest BCUT2D eigenvalue weighted by Gasteiger charge is -2.06. The Balaban J connectivity index is 1.50. The van der Waals surface area contributed by atoms with Crippen molar-refractivity contribution in [2.75, 3.05) is 0 Å². The molecule has 2 N–H and O–H groups in total. The molecule has 0 saturated heterocycles. The van der Waals surface area contributed by atoms with Crippen LogP contribution in [0.4, 0.5) is 5.69 Å². The molecule has 6 aromatic rings. The van der Waals surface area contributed by atoms with E-state index in [0.29, 0.717) is 17.0 Å². The number of fused-ring (bicyclic) bond motifs is 4. The fourth-order valence-corrected chi connectivity index (χ4v) is 4.11. The number of carbonyl (C=O) groups is 1. The first kappa shape index (κ1) is 21.2. The zero-order valence-corrected chi connectivity index (χ0v) is 18.6. The van der Waals surface area contributed by atoms with Gasteiger partial charge < -0.3 is 9.40 Å². The Morgan fingerprint density at radius 3 is 2.53 bits per heavy atom. The van der Waals surface area contributed by atoms with Crippen LogP contribution in [0, 0.1) is 10.1 Å². The fourth-order valence-electron chi connectivity index (χ4n) is 4.11. The van der Waals surface area contributed by atoms with Gasteiger partial charge in [0.25, 0.3) is 11.6 Å². The molecule has 0 saturated carbocycles. The minimum absolute atomic E-state index is 0.104. The van der Waals surface area contributed by atoms with Crippen LogP contribution in [-0.4, -0.2) is 20.8 Å². The van der Waals surface area contributed by atoms with Gasteiger partial charge in [0.1, 0.15) is 11.4 Å². The Labute approximate surface area is 202 Å². The number of nitro benzene ring substituents is 1. The number of nitrogens with one attached hydrogen (secondary N) is 2. The second-order valence-electron chi connectivity index (χ2n) is 8.12. The summed E-state index contributed by atoms with van der Waals surface area (Å²) in [6.45, 7) is 0. The van der Waals surface area contributed by atoms with Crippen LogP contribution in [0.25, 0.3) is 44.2 Å². The summed E-state index contributed by atoms with van der Waals surface area (Å²) in [5, 5.41) is 18.1. The van der Waals surface area contributed by atoms with E-state index >= 15 is 0 Å². The molecular weight excluding hydrogens is 458 g/mol. The lowest BCUT2D eigenvalue weighted by atomic mass is 10.0. The van der Waals surface area contributed by atoms with E-state index in [1.165, 1.54) is 24.3 Å². The van der Waals surface area contributed by atoms with Crippen LogP contribution in [0.5, 0.6) is 0 Å².